The number of benzene rings is 1. The van der Waals surface area contributed by atoms with Crippen molar-refractivity contribution in [2.75, 3.05) is 6.79 Å². The molecule has 0 saturated heterocycles. The minimum absolute atomic E-state index is 0.190. The van der Waals surface area contributed by atoms with Crippen molar-refractivity contribution in [1.82, 2.24) is 5.32 Å². The van der Waals surface area contributed by atoms with E-state index >= 15 is 0 Å². The molecule has 0 aliphatic carbocycles. The van der Waals surface area contributed by atoms with Gasteiger partial charge in [0.15, 0.2) is 11.5 Å². The molecule has 4 radical (unpaired) electrons. The lowest BCUT2D eigenvalue weighted by atomic mass is 9.63. The number of nitrogens with one attached hydrogen (secondary N) is 1. The third-order valence-corrected chi connectivity index (χ3v) is 2.54. The van der Waals surface area contributed by atoms with Crippen LogP contribution >= 0.6 is 0 Å². The standard InChI is InChI=1S/C12H15B2NO2/c1-8(15-12(2,13)14)5-9-3-4-10-11(6-9)17-7-16-10/h3-4,6,8,15H,5,7H2,1-2H3/t8-/m0/s1. The minimum atomic E-state index is -0.851. The van der Waals surface area contributed by atoms with Gasteiger partial charge in [0.25, 0.3) is 0 Å². The molecular formula is C12H15B2NO2. The predicted molar refractivity (Wildman–Crippen MR) is 68.8 cm³/mol. The van der Waals surface area contributed by atoms with E-state index in [-0.39, 0.29) is 6.04 Å². The zero-order valence-corrected chi connectivity index (χ0v) is 10.2. The summed E-state index contributed by atoms with van der Waals surface area (Å²) >= 11 is 0. The van der Waals surface area contributed by atoms with Crippen LogP contribution in [0, 0.1) is 0 Å². The molecule has 1 N–H and O–H groups in total. The van der Waals surface area contributed by atoms with Crippen molar-refractivity contribution in [1.29, 1.82) is 0 Å². The topological polar surface area (TPSA) is 30.5 Å². The van der Waals surface area contributed by atoms with Crippen LogP contribution in [0.25, 0.3) is 0 Å². The zero-order valence-electron chi connectivity index (χ0n) is 10.2. The quantitative estimate of drug-likeness (QED) is 0.776. The highest BCUT2D eigenvalue weighted by atomic mass is 16.7. The summed E-state index contributed by atoms with van der Waals surface area (Å²) in [6, 6.07) is 6.13. The predicted octanol–water partition coefficient (Wildman–Crippen LogP) is 0.947. The molecule has 5 heteroatoms. The highest BCUT2D eigenvalue weighted by Gasteiger charge is 2.16. The summed E-state index contributed by atoms with van der Waals surface area (Å²) in [5, 5.41) is 2.27. The summed E-state index contributed by atoms with van der Waals surface area (Å²) in [5.41, 5.74) is 1.17. The zero-order chi connectivity index (χ0) is 12.5. The van der Waals surface area contributed by atoms with Crippen LogP contribution in [0.15, 0.2) is 18.2 Å². The average Bonchev–Trinajstić information content (AvgIpc) is 2.61. The maximum atomic E-state index is 5.70. The van der Waals surface area contributed by atoms with Crippen LogP contribution in [0.1, 0.15) is 19.4 Å². The van der Waals surface area contributed by atoms with Crippen molar-refractivity contribution in [2.24, 2.45) is 0 Å². The third-order valence-electron chi connectivity index (χ3n) is 2.54. The summed E-state index contributed by atoms with van der Waals surface area (Å²) in [7, 11) is 11.4. The van der Waals surface area contributed by atoms with Crippen molar-refractivity contribution in [3.8, 4) is 11.5 Å². The highest BCUT2D eigenvalue weighted by molar-refractivity contribution is 6.39. The van der Waals surface area contributed by atoms with Crippen LogP contribution in [0.2, 0.25) is 0 Å². The first-order chi connectivity index (χ1) is 7.94. The largest absolute Gasteiger partial charge is 0.454 e. The molecule has 0 fully saturated rings. The van der Waals surface area contributed by atoms with E-state index in [0.29, 0.717) is 6.79 Å². The number of rotatable bonds is 4. The fourth-order valence-electron chi connectivity index (χ4n) is 2.00. The Morgan fingerprint density at radius 3 is 2.76 bits per heavy atom. The van der Waals surface area contributed by atoms with Gasteiger partial charge in [-0.3, -0.25) is 0 Å². The van der Waals surface area contributed by atoms with Crippen LogP contribution in [-0.4, -0.2) is 33.9 Å². The fourth-order valence-corrected chi connectivity index (χ4v) is 2.00. The fraction of sp³-hybridized carbons (Fsp3) is 0.500. The van der Waals surface area contributed by atoms with Crippen molar-refractivity contribution >= 4 is 15.7 Å². The number of hydrogen-bond acceptors (Lipinski definition) is 3. The molecule has 2 rings (SSSR count). The van der Waals surface area contributed by atoms with Gasteiger partial charge in [-0.25, -0.2) is 0 Å². The Kier molecular flexibility index (Phi) is 3.38. The van der Waals surface area contributed by atoms with Crippen molar-refractivity contribution < 1.29 is 9.47 Å². The maximum Gasteiger partial charge on any atom is 0.231 e. The Morgan fingerprint density at radius 2 is 2.06 bits per heavy atom. The van der Waals surface area contributed by atoms with Gasteiger partial charge >= 0.3 is 0 Å². The Hall–Kier alpha value is -1.09. The van der Waals surface area contributed by atoms with Crippen LogP contribution in [-0.2, 0) is 6.42 Å². The molecule has 0 amide bonds. The van der Waals surface area contributed by atoms with Crippen LogP contribution in [0.5, 0.6) is 11.5 Å². The molecular weight excluding hydrogens is 212 g/mol. The molecule has 1 aromatic rings. The molecule has 1 aliphatic heterocycles. The lowest BCUT2D eigenvalue weighted by Crippen LogP contribution is -2.48. The first-order valence-electron chi connectivity index (χ1n) is 5.68. The van der Waals surface area contributed by atoms with Gasteiger partial charge in [0.05, 0.1) is 15.7 Å². The molecule has 17 heavy (non-hydrogen) atoms. The summed E-state index contributed by atoms with van der Waals surface area (Å²) in [5.74, 6) is 1.61. The lowest BCUT2D eigenvalue weighted by Gasteiger charge is -2.27. The smallest absolute Gasteiger partial charge is 0.231 e. The summed E-state index contributed by atoms with van der Waals surface area (Å²) in [4.78, 5) is 0. The van der Waals surface area contributed by atoms with E-state index < -0.39 is 5.34 Å². The van der Waals surface area contributed by atoms with Crippen LogP contribution < -0.4 is 14.8 Å². The van der Waals surface area contributed by atoms with Crippen molar-refractivity contribution in [2.45, 2.75) is 31.6 Å². The van der Waals surface area contributed by atoms with E-state index in [9.17, 15) is 0 Å². The molecule has 0 spiro atoms. The molecule has 1 atom stereocenters. The van der Waals surface area contributed by atoms with Gasteiger partial charge in [-0.05, 0) is 31.0 Å². The van der Waals surface area contributed by atoms with Gasteiger partial charge in [0.2, 0.25) is 6.79 Å². The minimum Gasteiger partial charge on any atom is -0.454 e. The van der Waals surface area contributed by atoms with E-state index in [4.69, 9.17) is 25.2 Å². The normalized spacial score (nSPS) is 15.9. The molecule has 0 saturated carbocycles. The van der Waals surface area contributed by atoms with Crippen LogP contribution in [0.3, 0.4) is 0 Å². The molecule has 0 aromatic heterocycles. The van der Waals surface area contributed by atoms with Gasteiger partial charge in [-0.1, -0.05) is 18.3 Å². The van der Waals surface area contributed by atoms with Gasteiger partial charge in [0.1, 0.15) is 0 Å². The maximum absolute atomic E-state index is 5.70. The number of hydrogen-bond donors (Lipinski definition) is 1. The van der Waals surface area contributed by atoms with E-state index in [1.807, 2.05) is 25.1 Å². The van der Waals surface area contributed by atoms with Crippen LogP contribution in [0.4, 0.5) is 0 Å². The molecule has 0 bridgehead atoms. The number of ether oxygens (including phenoxy) is 2. The second-order valence-electron chi connectivity index (χ2n) is 4.72. The number of fused-ring (bicyclic) bond motifs is 1. The lowest BCUT2D eigenvalue weighted by molar-refractivity contribution is 0.174. The summed E-state index contributed by atoms with van der Waals surface area (Å²) < 4.78 is 10.6. The second kappa shape index (κ2) is 4.65. The van der Waals surface area contributed by atoms with E-state index in [1.54, 1.807) is 6.92 Å². The van der Waals surface area contributed by atoms with Crippen molar-refractivity contribution in [3.63, 3.8) is 0 Å². The summed E-state index contributed by atoms with van der Waals surface area (Å²) in [6.07, 6.45) is 0.834. The molecule has 3 nitrogen and oxygen atoms in total. The first-order valence-corrected chi connectivity index (χ1v) is 5.68. The van der Waals surface area contributed by atoms with Gasteiger partial charge in [0, 0.05) is 6.04 Å². The molecule has 1 heterocycles. The van der Waals surface area contributed by atoms with Gasteiger partial charge < -0.3 is 14.8 Å². The van der Waals surface area contributed by atoms with Crippen molar-refractivity contribution in [3.05, 3.63) is 23.8 Å². The van der Waals surface area contributed by atoms with E-state index in [1.165, 1.54) is 5.56 Å². The molecule has 1 aromatic carbocycles. The molecule has 0 unspecified atom stereocenters. The summed E-state index contributed by atoms with van der Waals surface area (Å²) in [6.45, 7) is 4.09. The Balaban J connectivity index is 1.99. The molecule has 1 aliphatic rings. The average molecular weight is 227 g/mol. The van der Waals surface area contributed by atoms with E-state index in [0.717, 1.165) is 17.9 Å². The SMILES string of the molecule is [B]C([B])(C)N[C@@H](C)Cc1ccc2c(c1)OCO2. The Morgan fingerprint density at radius 1 is 1.35 bits per heavy atom. The third kappa shape index (κ3) is 3.43. The Labute approximate surface area is 105 Å². The van der Waals surface area contributed by atoms with Gasteiger partial charge in [-0.15, -0.1) is 0 Å². The van der Waals surface area contributed by atoms with E-state index in [2.05, 4.69) is 5.32 Å². The highest BCUT2D eigenvalue weighted by Crippen LogP contribution is 2.32. The first kappa shape index (κ1) is 12.4. The Bertz CT molecular complexity index is 404. The molecule has 86 valence electrons. The van der Waals surface area contributed by atoms with Gasteiger partial charge in [-0.2, -0.15) is 0 Å². The second-order valence-corrected chi connectivity index (χ2v) is 4.72. The monoisotopic (exact) mass is 227 g/mol.